The summed E-state index contributed by atoms with van der Waals surface area (Å²) in [6, 6.07) is 0.529. The average molecular weight is 292 g/mol. The maximum Gasteiger partial charge on any atom is 0.115 e. The van der Waals surface area contributed by atoms with Crippen LogP contribution in [0.5, 0.6) is 0 Å². The zero-order valence-corrected chi connectivity index (χ0v) is 14.0. The highest BCUT2D eigenvalue weighted by Crippen LogP contribution is 2.30. The summed E-state index contributed by atoms with van der Waals surface area (Å²) in [4.78, 5) is 6.15. The van der Waals surface area contributed by atoms with Crippen molar-refractivity contribution in [3.05, 3.63) is 33.0 Å². The lowest BCUT2D eigenvalue weighted by Gasteiger charge is -2.18. The van der Waals surface area contributed by atoms with Gasteiger partial charge in [0.15, 0.2) is 0 Å². The lowest BCUT2D eigenvalue weighted by molar-refractivity contribution is 0.524. The molecule has 0 spiro atoms. The van der Waals surface area contributed by atoms with Crippen LogP contribution in [0.25, 0.3) is 0 Å². The van der Waals surface area contributed by atoms with E-state index >= 15 is 0 Å². The van der Waals surface area contributed by atoms with Gasteiger partial charge in [-0.2, -0.15) is 5.10 Å². The summed E-state index contributed by atoms with van der Waals surface area (Å²) in [5.41, 5.74) is 3.50. The first-order valence-corrected chi connectivity index (χ1v) is 7.96. The molecule has 2 rings (SSSR count). The van der Waals surface area contributed by atoms with Crippen molar-refractivity contribution in [1.29, 1.82) is 0 Å². The van der Waals surface area contributed by atoms with Crippen LogP contribution in [-0.4, -0.2) is 20.8 Å². The molecule has 1 N–H and O–H groups in total. The summed E-state index contributed by atoms with van der Waals surface area (Å²) in [6.45, 7) is 10.7. The Morgan fingerprint density at radius 2 is 2.05 bits per heavy atom. The first kappa shape index (κ1) is 15.2. The third-order valence-electron chi connectivity index (χ3n) is 3.35. The van der Waals surface area contributed by atoms with E-state index in [0.29, 0.717) is 6.04 Å². The van der Waals surface area contributed by atoms with Crippen molar-refractivity contribution < 1.29 is 0 Å². The first-order chi connectivity index (χ1) is 9.42. The predicted molar refractivity (Wildman–Crippen MR) is 84.3 cm³/mol. The highest BCUT2D eigenvalue weighted by molar-refractivity contribution is 7.11. The molecule has 5 heteroatoms. The zero-order valence-electron chi connectivity index (χ0n) is 13.2. The topological polar surface area (TPSA) is 42.7 Å². The maximum absolute atomic E-state index is 4.83. The van der Waals surface area contributed by atoms with Gasteiger partial charge in [0.25, 0.3) is 0 Å². The predicted octanol–water partition coefficient (Wildman–Crippen LogP) is 3.14. The largest absolute Gasteiger partial charge is 0.302 e. The molecule has 2 aromatic rings. The van der Waals surface area contributed by atoms with E-state index in [2.05, 4.69) is 51.2 Å². The first-order valence-electron chi connectivity index (χ1n) is 7.14. The molecule has 20 heavy (non-hydrogen) atoms. The second-order valence-electron chi connectivity index (χ2n) is 5.51. The third kappa shape index (κ3) is 3.10. The Bertz CT molecular complexity index is 583. The number of aryl methyl sites for hydroxylation is 4. The molecule has 0 aliphatic rings. The van der Waals surface area contributed by atoms with E-state index in [9.17, 15) is 0 Å². The van der Waals surface area contributed by atoms with Crippen LogP contribution < -0.4 is 5.32 Å². The third-order valence-corrected chi connectivity index (χ3v) is 4.43. The fourth-order valence-electron chi connectivity index (χ4n) is 2.43. The SMILES string of the molecule is CCc1nc(C(NC(C)C)c2cn(C)nc2C)sc1C. The van der Waals surface area contributed by atoms with E-state index in [4.69, 9.17) is 4.98 Å². The van der Waals surface area contributed by atoms with Crippen LogP contribution in [0.3, 0.4) is 0 Å². The van der Waals surface area contributed by atoms with Gasteiger partial charge in [-0.15, -0.1) is 11.3 Å². The molecule has 0 aromatic carbocycles. The van der Waals surface area contributed by atoms with E-state index in [1.54, 1.807) is 11.3 Å². The van der Waals surface area contributed by atoms with Crippen molar-refractivity contribution in [3.63, 3.8) is 0 Å². The van der Waals surface area contributed by atoms with Crippen molar-refractivity contribution in [2.75, 3.05) is 0 Å². The van der Waals surface area contributed by atoms with Gasteiger partial charge in [-0.1, -0.05) is 6.92 Å². The van der Waals surface area contributed by atoms with Gasteiger partial charge in [0, 0.05) is 29.7 Å². The van der Waals surface area contributed by atoms with Crippen LogP contribution in [0, 0.1) is 13.8 Å². The Balaban J connectivity index is 2.43. The molecule has 0 bridgehead atoms. The summed E-state index contributed by atoms with van der Waals surface area (Å²) in [7, 11) is 1.97. The van der Waals surface area contributed by atoms with Gasteiger partial charge in [0.1, 0.15) is 5.01 Å². The van der Waals surface area contributed by atoms with E-state index in [1.807, 2.05) is 11.7 Å². The minimum Gasteiger partial charge on any atom is -0.302 e. The summed E-state index contributed by atoms with van der Waals surface area (Å²) >= 11 is 1.79. The van der Waals surface area contributed by atoms with Crippen LogP contribution in [0.1, 0.15) is 53.6 Å². The van der Waals surface area contributed by atoms with Gasteiger partial charge in [-0.05, 0) is 34.1 Å². The number of thiazole rings is 1. The van der Waals surface area contributed by atoms with E-state index in [0.717, 1.165) is 17.1 Å². The average Bonchev–Trinajstić information content (AvgIpc) is 2.89. The number of hydrogen-bond acceptors (Lipinski definition) is 4. The number of nitrogens with zero attached hydrogens (tertiary/aromatic N) is 3. The molecule has 4 nitrogen and oxygen atoms in total. The monoisotopic (exact) mass is 292 g/mol. The standard InChI is InChI=1S/C15H24N4S/c1-7-13-11(5)20-15(17-13)14(16-9(2)3)12-8-19(6)18-10(12)4/h8-9,14,16H,7H2,1-6H3. The van der Waals surface area contributed by atoms with Crippen LogP contribution >= 0.6 is 11.3 Å². The normalized spacial score (nSPS) is 13.2. The number of nitrogens with one attached hydrogen (secondary N) is 1. The molecule has 1 atom stereocenters. The highest BCUT2D eigenvalue weighted by Gasteiger charge is 2.23. The molecule has 0 aliphatic heterocycles. The molecule has 0 aliphatic carbocycles. The second-order valence-corrected chi connectivity index (χ2v) is 6.74. The van der Waals surface area contributed by atoms with Gasteiger partial charge in [-0.25, -0.2) is 4.98 Å². The molecule has 0 fully saturated rings. The van der Waals surface area contributed by atoms with E-state index < -0.39 is 0 Å². The molecule has 1 unspecified atom stereocenters. The number of aromatic nitrogens is 3. The van der Waals surface area contributed by atoms with Crippen LogP contribution in [0.2, 0.25) is 0 Å². The van der Waals surface area contributed by atoms with Crippen molar-refractivity contribution in [2.45, 2.75) is 53.1 Å². The molecule has 0 saturated heterocycles. The van der Waals surface area contributed by atoms with Crippen LogP contribution in [0.4, 0.5) is 0 Å². The molecule has 2 aromatic heterocycles. The number of hydrogen-bond donors (Lipinski definition) is 1. The van der Waals surface area contributed by atoms with Crippen molar-refractivity contribution in [1.82, 2.24) is 20.1 Å². The van der Waals surface area contributed by atoms with Crippen molar-refractivity contribution >= 4 is 11.3 Å². The molecule has 2 heterocycles. The minimum absolute atomic E-state index is 0.132. The lowest BCUT2D eigenvalue weighted by atomic mass is 10.1. The van der Waals surface area contributed by atoms with E-state index in [-0.39, 0.29) is 6.04 Å². The van der Waals surface area contributed by atoms with E-state index in [1.165, 1.54) is 16.1 Å². The minimum atomic E-state index is 0.132. The molecular weight excluding hydrogens is 268 g/mol. The molecule has 0 saturated carbocycles. The van der Waals surface area contributed by atoms with Gasteiger partial charge in [0.05, 0.1) is 17.4 Å². The summed E-state index contributed by atoms with van der Waals surface area (Å²) in [6.07, 6.45) is 3.08. The van der Waals surface area contributed by atoms with Crippen LogP contribution in [-0.2, 0) is 13.5 Å². The maximum atomic E-state index is 4.83. The molecule has 0 radical (unpaired) electrons. The highest BCUT2D eigenvalue weighted by atomic mass is 32.1. The molecule has 0 amide bonds. The summed E-state index contributed by atoms with van der Waals surface area (Å²) < 4.78 is 1.88. The Labute approximate surface area is 125 Å². The Hall–Kier alpha value is -1.20. The van der Waals surface area contributed by atoms with Gasteiger partial charge < -0.3 is 5.32 Å². The quantitative estimate of drug-likeness (QED) is 0.920. The van der Waals surface area contributed by atoms with Gasteiger partial charge >= 0.3 is 0 Å². The fraction of sp³-hybridized carbons (Fsp3) is 0.600. The van der Waals surface area contributed by atoms with Gasteiger partial charge in [-0.3, -0.25) is 4.68 Å². The zero-order chi connectivity index (χ0) is 14.9. The molecule has 110 valence electrons. The fourth-order valence-corrected chi connectivity index (χ4v) is 3.52. The second kappa shape index (κ2) is 6.06. The lowest BCUT2D eigenvalue weighted by Crippen LogP contribution is -2.29. The Kier molecular flexibility index (Phi) is 4.60. The Morgan fingerprint density at radius 3 is 2.50 bits per heavy atom. The van der Waals surface area contributed by atoms with Gasteiger partial charge in [0.2, 0.25) is 0 Å². The smallest absolute Gasteiger partial charge is 0.115 e. The Morgan fingerprint density at radius 1 is 1.35 bits per heavy atom. The van der Waals surface area contributed by atoms with Crippen molar-refractivity contribution in [3.8, 4) is 0 Å². The molecular formula is C15H24N4S. The number of rotatable bonds is 5. The summed E-state index contributed by atoms with van der Waals surface area (Å²) in [5, 5.41) is 9.24. The van der Waals surface area contributed by atoms with Crippen molar-refractivity contribution in [2.24, 2.45) is 7.05 Å². The summed E-state index contributed by atoms with van der Waals surface area (Å²) in [5.74, 6) is 0. The van der Waals surface area contributed by atoms with Crippen LogP contribution in [0.15, 0.2) is 6.20 Å².